The molecule has 0 saturated carbocycles. The van der Waals surface area contributed by atoms with Crippen molar-refractivity contribution >= 4 is 23.1 Å². The largest absolute Gasteiger partial charge is 0.369 e. The maximum absolute atomic E-state index is 11.0. The summed E-state index contributed by atoms with van der Waals surface area (Å²) in [5.41, 5.74) is 1.98. The Hall–Kier alpha value is -3.02. The van der Waals surface area contributed by atoms with Crippen molar-refractivity contribution in [3.05, 3.63) is 64.2 Å². The van der Waals surface area contributed by atoms with Gasteiger partial charge in [0.25, 0.3) is 5.69 Å². The SMILES string of the molecule is O=C=Nc1cc(N2CCN(Cc3ccccc3)CC2)ccc1[N+](=O)[O-]. The number of aliphatic imine (C=N–C) groups is 1. The van der Waals surface area contributed by atoms with Crippen LogP contribution in [0.3, 0.4) is 0 Å². The molecular weight excluding hydrogens is 320 g/mol. The maximum Gasteiger partial charge on any atom is 0.295 e. The van der Waals surface area contributed by atoms with E-state index in [2.05, 4.69) is 26.9 Å². The molecule has 1 heterocycles. The van der Waals surface area contributed by atoms with Crippen LogP contribution in [0.4, 0.5) is 17.1 Å². The summed E-state index contributed by atoms with van der Waals surface area (Å²) in [6.45, 7) is 4.34. The molecule has 0 aliphatic carbocycles. The Morgan fingerprint density at radius 1 is 1.08 bits per heavy atom. The molecule has 2 aromatic rings. The van der Waals surface area contributed by atoms with Crippen molar-refractivity contribution in [2.24, 2.45) is 4.99 Å². The second kappa shape index (κ2) is 7.70. The third-order valence-electron chi connectivity index (χ3n) is 4.31. The highest BCUT2D eigenvalue weighted by Crippen LogP contribution is 2.32. The molecule has 25 heavy (non-hydrogen) atoms. The lowest BCUT2D eigenvalue weighted by molar-refractivity contribution is -0.384. The standard InChI is InChI=1S/C18H18N4O3/c23-14-19-17-12-16(6-7-18(17)22(24)25)21-10-8-20(9-11-21)13-15-4-2-1-3-5-15/h1-7,12H,8-11,13H2. The smallest absolute Gasteiger partial charge is 0.295 e. The van der Waals surface area contributed by atoms with Gasteiger partial charge in [-0.05, 0) is 17.7 Å². The number of nitro benzene ring substituents is 1. The van der Waals surface area contributed by atoms with Gasteiger partial charge in [-0.1, -0.05) is 30.3 Å². The number of rotatable bonds is 5. The number of piperazine rings is 1. The minimum absolute atomic E-state index is 0.0456. The Morgan fingerprint density at radius 3 is 2.44 bits per heavy atom. The first-order chi connectivity index (χ1) is 12.2. The lowest BCUT2D eigenvalue weighted by atomic mass is 10.1. The predicted molar refractivity (Wildman–Crippen MR) is 94.8 cm³/mol. The number of carbonyl (C=O) groups excluding carboxylic acids is 1. The van der Waals surface area contributed by atoms with Crippen molar-refractivity contribution in [3.63, 3.8) is 0 Å². The number of nitrogens with zero attached hydrogens (tertiary/aromatic N) is 4. The molecule has 2 aromatic carbocycles. The van der Waals surface area contributed by atoms with Gasteiger partial charge in [-0.3, -0.25) is 15.0 Å². The Kier molecular flexibility index (Phi) is 5.18. The molecule has 0 atom stereocenters. The summed E-state index contributed by atoms with van der Waals surface area (Å²) in [5, 5.41) is 11.0. The Bertz CT molecular complexity index is 795. The van der Waals surface area contributed by atoms with Gasteiger partial charge in [0.1, 0.15) is 0 Å². The van der Waals surface area contributed by atoms with Crippen molar-refractivity contribution < 1.29 is 9.72 Å². The van der Waals surface area contributed by atoms with Crippen LogP contribution in [0.2, 0.25) is 0 Å². The molecule has 1 fully saturated rings. The highest BCUT2D eigenvalue weighted by Gasteiger charge is 2.20. The number of isocyanates is 1. The molecule has 0 aromatic heterocycles. The fourth-order valence-electron chi connectivity index (χ4n) is 3.01. The van der Waals surface area contributed by atoms with Crippen molar-refractivity contribution in [2.45, 2.75) is 6.54 Å². The van der Waals surface area contributed by atoms with Gasteiger partial charge in [-0.15, -0.1) is 0 Å². The summed E-state index contributed by atoms with van der Waals surface area (Å²) in [6.07, 6.45) is 1.39. The Balaban J connectivity index is 1.67. The maximum atomic E-state index is 11.0. The van der Waals surface area contributed by atoms with E-state index in [1.54, 1.807) is 12.1 Å². The second-order valence-corrected chi connectivity index (χ2v) is 5.88. The van der Waals surface area contributed by atoms with Crippen molar-refractivity contribution in [3.8, 4) is 0 Å². The fourth-order valence-corrected chi connectivity index (χ4v) is 3.01. The van der Waals surface area contributed by atoms with E-state index in [1.165, 1.54) is 17.7 Å². The van der Waals surface area contributed by atoms with Gasteiger partial charge in [0.2, 0.25) is 6.08 Å². The summed E-state index contributed by atoms with van der Waals surface area (Å²) in [6, 6.07) is 15.0. The Morgan fingerprint density at radius 2 is 1.80 bits per heavy atom. The lowest BCUT2D eigenvalue weighted by Gasteiger charge is -2.36. The molecule has 0 N–H and O–H groups in total. The quantitative estimate of drug-likeness (QED) is 0.362. The van der Waals surface area contributed by atoms with E-state index < -0.39 is 4.92 Å². The van der Waals surface area contributed by atoms with Crippen LogP contribution in [0.15, 0.2) is 53.5 Å². The van der Waals surface area contributed by atoms with Crippen LogP contribution in [0.25, 0.3) is 0 Å². The van der Waals surface area contributed by atoms with Crippen LogP contribution in [0, 0.1) is 10.1 Å². The molecule has 7 nitrogen and oxygen atoms in total. The van der Waals surface area contributed by atoms with Gasteiger partial charge in [0.15, 0.2) is 5.69 Å². The first-order valence-electron chi connectivity index (χ1n) is 8.05. The topological polar surface area (TPSA) is 79.0 Å². The minimum atomic E-state index is -0.544. The average molecular weight is 338 g/mol. The van der Waals surface area contributed by atoms with Gasteiger partial charge in [0.05, 0.1) is 4.92 Å². The molecule has 0 spiro atoms. The van der Waals surface area contributed by atoms with Gasteiger partial charge in [0, 0.05) is 44.5 Å². The number of hydrogen-bond acceptors (Lipinski definition) is 6. The highest BCUT2D eigenvalue weighted by atomic mass is 16.6. The summed E-state index contributed by atoms with van der Waals surface area (Å²) in [5.74, 6) is 0. The first kappa shape index (κ1) is 16.8. The van der Waals surface area contributed by atoms with Gasteiger partial charge in [-0.25, -0.2) is 4.79 Å². The molecule has 0 amide bonds. The average Bonchev–Trinajstić information content (AvgIpc) is 2.63. The van der Waals surface area contributed by atoms with Gasteiger partial charge in [-0.2, -0.15) is 4.99 Å². The molecule has 0 radical (unpaired) electrons. The Labute approximate surface area is 145 Å². The molecule has 7 heteroatoms. The van der Waals surface area contributed by atoms with Crippen LogP contribution in [-0.4, -0.2) is 42.1 Å². The van der Waals surface area contributed by atoms with E-state index in [0.717, 1.165) is 38.4 Å². The van der Waals surface area contributed by atoms with E-state index in [4.69, 9.17) is 0 Å². The van der Waals surface area contributed by atoms with E-state index in [-0.39, 0.29) is 11.4 Å². The zero-order chi connectivity index (χ0) is 17.6. The second-order valence-electron chi connectivity index (χ2n) is 5.88. The molecule has 128 valence electrons. The van der Waals surface area contributed by atoms with Gasteiger partial charge < -0.3 is 4.90 Å². The normalized spacial score (nSPS) is 14.8. The zero-order valence-corrected chi connectivity index (χ0v) is 13.7. The third kappa shape index (κ3) is 4.09. The number of hydrogen-bond donors (Lipinski definition) is 0. The number of benzene rings is 2. The van der Waals surface area contributed by atoms with Crippen molar-refractivity contribution in [2.75, 3.05) is 31.1 Å². The van der Waals surface area contributed by atoms with E-state index >= 15 is 0 Å². The van der Waals surface area contributed by atoms with Crippen LogP contribution in [0.5, 0.6) is 0 Å². The molecular formula is C18H18N4O3. The zero-order valence-electron chi connectivity index (χ0n) is 13.7. The van der Waals surface area contributed by atoms with Crippen molar-refractivity contribution in [1.82, 2.24) is 4.90 Å². The summed E-state index contributed by atoms with van der Waals surface area (Å²) < 4.78 is 0. The molecule has 1 aliphatic rings. The predicted octanol–water partition coefficient (Wildman–Crippen LogP) is 2.88. The summed E-state index contributed by atoms with van der Waals surface area (Å²) in [7, 11) is 0. The number of anilines is 1. The summed E-state index contributed by atoms with van der Waals surface area (Å²) in [4.78, 5) is 29.0. The van der Waals surface area contributed by atoms with Crippen LogP contribution >= 0.6 is 0 Å². The van der Waals surface area contributed by atoms with E-state index in [0.29, 0.717) is 0 Å². The fraction of sp³-hybridized carbons (Fsp3) is 0.278. The third-order valence-corrected chi connectivity index (χ3v) is 4.31. The molecule has 0 unspecified atom stereocenters. The number of nitro groups is 1. The minimum Gasteiger partial charge on any atom is -0.369 e. The monoisotopic (exact) mass is 338 g/mol. The van der Waals surface area contributed by atoms with Gasteiger partial charge >= 0.3 is 0 Å². The van der Waals surface area contributed by atoms with Crippen molar-refractivity contribution in [1.29, 1.82) is 0 Å². The van der Waals surface area contributed by atoms with Crippen LogP contribution in [-0.2, 0) is 11.3 Å². The first-order valence-corrected chi connectivity index (χ1v) is 8.05. The van der Waals surface area contributed by atoms with Crippen LogP contribution in [0.1, 0.15) is 5.56 Å². The molecule has 0 bridgehead atoms. The highest BCUT2D eigenvalue weighted by molar-refractivity contribution is 5.68. The van der Waals surface area contributed by atoms with E-state index in [1.807, 2.05) is 18.2 Å². The van der Waals surface area contributed by atoms with E-state index in [9.17, 15) is 14.9 Å². The molecule has 1 saturated heterocycles. The molecule has 1 aliphatic heterocycles. The molecule has 3 rings (SSSR count). The summed E-state index contributed by atoms with van der Waals surface area (Å²) >= 11 is 0. The lowest BCUT2D eigenvalue weighted by Crippen LogP contribution is -2.45. The van der Waals surface area contributed by atoms with Crippen LogP contribution < -0.4 is 4.90 Å².